The van der Waals surface area contributed by atoms with Gasteiger partial charge in [-0.25, -0.2) is 5.43 Å². The summed E-state index contributed by atoms with van der Waals surface area (Å²) < 4.78 is 33.4. The molecule has 0 radical (unpaired) electrons. The molecule has 1 amide bonds. The molecular weight excluding hydrogens is 539 g/mol. The molecule has 1 heterocycles. The third-order valence-electron chi connectivity index (χ3n) is 3.74. The zero-order chi connectivity index (χ0) is 24.4. The highest BCUT2D eigenvalue weighted by Gasteiger charge is 2.11. The van der Waals surface area contributed by atoms with Gasteiger partial charge in [0.05, 0.1) is 4.90 Å². The Balaban J connectivity index is 0.00000432. The molecule has 0 saturated carbocycles. The number of amides is 1. The molecule has 0 bridgehead atoms. The molecule has 0 aliphatic heterocycles. The van der Waals surface area contributed by atoms with Gasteiger partial charge < -0.3 is 10.1 Å². The fraction of sp³-hybridized carbons (Fsp3) is 0.105. The van der Waals surface area contributed by atoms with Gasteiger partial charge in [0.15, 0.2) is 5.01 Å². The Kier molecular flexibility index (Phi) is 10.7. The first-order valence-corrected chi connectivity index (χ1v) is 12.1. The van der Waals surface area contributed by atoms with Crippen molar-refractivity contribution >= 4 is 74.8 Å². The van der Waals surface area contributed by atoms with E-state index in [0.29, 0.717) is 26.6 Å². The number of nitrogens with zero attached hydrogens (tertiary/aromatic N) is 4. The van der Waals surface area contributed by atoms with E-state index in [0.717, 1.165) is 6.34 Å². The topological polar surface area (TPSA) is 159 Å². The van der Waals surface area contributed by atoms with Crippen LogP contribution in [0.3, 0.4) is 0 Å². The molecule has 12 nitrogen and oxygen atoms in total. The van der Waals surface area contributed by atoms with Gasteiger partial charge in [-0.05, 0) is 48.5 Å². The lowest BCUT2D eigenvalue weighted by Crippen LogP contribution is -2.29. The van der Waals surface area contributed by atoms with Gasteiger partial charge in [-0.1, -0.05) is 22.9 Å². The number of carbonyl (C=O) groups is 1. The monoisotopic (exact) mass is 558 g/mol. The van der Waals surface area contributed by atoms with Crippen molar-refractivity contribution in [1.29, 1.82) is 0 Å². The molecule has 0 unspecified atom stereocenters. The Hall–Kier alpha value is -3.46. The summed E-state index contributed by atoms with van der Waals surface area (Å²) in [5.41, 5.74) is 8.13. The van der Waals surface area contributed by atoms with E-state index >= 15 is 0 Å². The maximum atomic E-state index is 12.2. The number of hydrogen-bond acceptors (Lipinski definition) is 9. The van der Waals surface area contributed by atoms with Crippen molar-refractivity contribution in [2.24, 2.45) is 9.50 Å². The number of ether oxygens (including phenoxy) is 1. The molecule has 2 aromatic carbocycles. The average Bonchev–Trinajstić information content (AvgIpc) is 3.26. The number of rotatable bonds is 11. The molecule has 0 spiro atoms. The highest BCUT2D eigenvalue weighted by Crippen LogP contribution is 2.20. The second-order valence-corrected chi connectivity index (χ2v) is 9.45. The van der Waals surface area contributed by atoms with Crippen molar-refractivity contribution in [2.75, 3.05) is 10.7 Å². The lowest BCUT2D eigenvalue weighted by atomic mass is 10.3. The number of aromatic nitrogens is 2. The predicted molar refractivity (Wildman–Crippen MR) is 138 cm³/mol. The highest BCUT2D eigenvalue weighted by atomic mass is 35.5. The first kappa shape index (κ1) is 27.8. The molecule has 3 rings (SSSR count). The van der Waals surface area contributed by atoms with Crippen molar-refractivity contribution < 1.29 is 17.9 Å². The number of hydrogen-bond donors (Lipinski definition) is 4. The molecule has 0 aliphatic rings. The van der Waals surface area contributed by atoms with Gasteiger partial charge in [0, 0.05) is 17.6 Å². The number of carbonyl (C=O) groups excluding carboxylic acids is 1. The third-order valence-corrected chi connectivity index (χ3v) is 6.05. The lowest BCUT2D eigenvalue weighted by Gasteiger charge is -2.03. The van der Waals surface area contributed by atoms with E-state index in [4.69, 9.17) is 16.3 Å². The molecule has 4 N–H and O–H groups in total. The Labute approximate surface area is 216 Å². The van der Waals surface area contributed by atoms with E-state index in [1.54, 1.807) is 24.3 Å². The van der Waals surface area contributed by atoms with E-state index < -0.39 is 10.0 Å². The summed E-state index contributed by atoms with van der Waals surface area (Å²) in [5.74, 6) is 0.405. The minimum Gasteiger partial charge on any atom is -0.486 e. The molecule has 1 aromatic heterocycles. The van der Waals surface area contributed by atoms with E-state index in [1.807, 2.05) is 0 Å². The normalized spacial score (nSPS) is 11.1. The zero-order valence-electron chi connectivity index (χ0n) is 18.0. The average molecular weight is 559 g/mol. The number of hydrazone groups is 1. The molecule has 0 saturated heterocycles. The second kappa shape index (κ2) is 13.4. The number of anilines is 2. The van der Waals surface area contributed by atoms with E-state index in [-0.39, 0.29) is 29.8 Å². The first-order chi connectivity index (χ1) is 16.3. The van der Waals surface area contributed by atoms with Gasteiger partial charge in [-0.3, -0.25) is 15.6 Å². The largest absolute Gasteiger partial charge is 0.486 e. The van der Waals surface area contributed by atoms with Crippen LogP contribution in [-0.2, 0) is 21.4 Å². The minimum absolute atomic E-state index is 0. The predicted octanol–water partition coefficient (Wildman–Crippen LogP) is 3.02. The summed E-state index contributed by atoms with van der Waals surface area (Å²) in [6, 6.07) is 12.6. The molecule has 186 valence electrons. The van der Waals surface area contributed by atoms with Crippen LogP contribution in [0.15, 0.2) is 62.9 Å². The summed E-state index contributed by atoms with van der Waals surface area (Å²) in [6.07, 6.45) is 2.19. The van der Waals surface area contributed by atoms with Gasteiger partial charge in [0.2, 0.25) is 11.0 Å². The summed E-state index contributed by atoms with van der Waals surface area (Å²) in [6.45, 7) is 1.60. The van der Waals surface area contributed by atoms with Crippen molar-refractivity contribution in [3.63, 3.8) is 0 Å². The number of halogens is 2. The van der Waals surface area contributed by atoms with Crippen LogP contribution in [0.2, 0.25) is 5.02 Å². The van der Waals surface area contributed by atoms with Crippen LogP contribution in [0.1, 0.15) is 11.9 Å². The van der Waals surface area contributed by atoms with Gasteiger partial charge in [0.25, 0.3) is 10.0 Å². The van der Waals surface area contributed by atoms with Gasteiger partial charge in [0.1, 0.15) is 25.0 Å². The molecule has 0 aliphatic carbocycles. The summed E-state index contributed by atoms with van der Waals surface area (Å²) in [4.78, 5) is 11.0. The van der Waals surface area contributed by atoms with E-state index in [9.17, 15) is 13.2 Å². The van der Waals surface area contributed by atoms with Crippen LogP contribution < -0.4 is 26.3 Å². The Morgan fingerprint density at radius 2 is 1.77 bits per heavy atom. The molecule has 16 heteroatoms. The zero-order valence-corrected chi connectivity index (χ0v) is 21.2. The quantitative estimate of drug-likeness (QED) is 0.120. The highest BCUT2D eigenvalue weighted by molar-refractivity contribution is 7.90. The van der Waals surface area contributed by atoms with E-state index in [1.165, 1.54) is 48.9 Å². The van der Waals surface area contributed by atoms with E-state index in [2.05, 4.69) is 41.3 Å². The van der Waals surface area contributed by atoms with Crippen molar-refractivity contribution in [3.8, 4) is 5.75 Å². The van der Waals surface area contributed by atoms with Gasteiger partial charge >= 0.3 is 0 Å². The molecular formula is C19H20Cl2N8O4S2. The Bertz CT molecular complexity index is 1270. The smallest absolute Gasteiger partial charge is 0.283 e. The van der Waals surface area contributed by atoms with Crippen molar-refractivity contribution in [3.05, 3.63) is 58.6 Å². The van der Waals surface area contributed by atoms with Gasteiger partial charge in [-0.2, -0.15) is 13.5 Å². The van der Waals surface area contributed by atoms with Crippen LogP contribution in [0.25, 0.3) is 0 Å². The van der Waals surface area contributed by atoms with Crippen LogP contribution in [0.5, 0.6) is 5.75 Å². The van der Waals surface area contributed by atoms with Crippen LogP contribution in [-0.4, -0.2) is 37.2 Å². The van der Waals surface area contributed by atoms with Gasteiger partial charge in [-0.15, -0.1) is 27.0 Å². The maximum Gasteiger partial charge on any atom is 0.283 e. The van der Waals surface area contributed by atoms with Crippen LogP contribution in [0.4, 0.5) is 10.8 Å². The third kappa shape index (κ3) is 9.36. The first-order valence-electron chi connectivity index (χ1n) is 9.48. The number of nitrogens with one attached hydrogen (secondary N) is 4. The molecule has 0 atom stereocenters. The SMILES string of the molecule is CC(=O)Nc1ccc(S(=O)(=O)/N=C/NN/C=N/Nc2nnc(COc3ccc(Cl)cc3)s2)cc1.Cl. The Morgan fingerprint density at radius 3 is 2.46 bits per heavy atom. The second-order valence-electron chi connectivity index (χ2n) is 6.32. The Morgan fingerprint density at radius 1 is 1.09 bits per heavy atom. The van der Waals surface area contributed by atoms with Crippen LogP contribution >= 0.6 is 35.3 Å². The fourth-order valence-corrected chi connectivity index (χ4v) is 3.82. The fourth-order valence-electron chi connectivity index (χ4n) is 2.30. The molecule has 3 aromatic rings. The summed E-state index contributed by atoms with van der Waals surface area (Å²) in [5, 5.41) is 16.0. The lowest BCUT2D eigenvalue weighted by molar-refractivity contribution is -0.114. The molecule has 0 fully saturated rings. The number of hydrazine groups is 1. The van der Waals surface area contributed by atoms with Crippen molar-refractivity contribution in [2.45, 2.75) is 18.4 Å². The number of benzene rings is 2. The standard InChI is InChI=1S/C19H19ClN8O4S2.ClH/c1-13(29)25-15-4-8-17(9-5-15)34(30,31)24-12-22-21-11-23-27-19-28-26-18(33-19)10-32-16-6-2-14(20)3-7-16;/h2-9,11-12H,10H2,1H3,(H,21,23)(H,22,24)(H,25,29)(H,27,28);1H. The van der Waals surface area contributed by atoms with Crippen molar-refractivity contribution in [1.82, 2.24) is 21.0 Å². The minimum atomic E-state index is -3.91. The summed E-state index contributed by atoms with van der Waals surface area (Å²) >= 11 is 7.09. The van der Waals surface area contributed by atoms with Crippen LogP contribution in [0, 0.1) is 0 Å². The summed E-state index contributed by atoms with van der Waals surface area (Å²) in [7, 11) is -3.91. The molecule has 35 heavy (non-hydrogen) atoms. The number of sulfonamides is 1. The maximum absolute atomic E-state index is 12.2.